The molecule has 0 radical (unpaired) electrons. The molecule has 4 aromatic rings. The average Bonchev–Trinajstić information content (AvgIpc) is 3.14. The predicted octanol–water partition coefficient (Wildman–Crippen LogP) is 4.95. The predicted molar refractivity (Wildman–Crippen MR) is 108 cm³/mol. The fourth-order valence-electron chi connectivity index (χ4n) is 3.14. The highest BCUT2D eigenvalue weighted by atomic mass is 16.1. The number of carbonyl (C=O) groups is 1. The number of para-hydroxylation sites is 1. The van der Waals surface area contributed by atoms with Gasteiger partial charge in [0.25, 0.3) is 0 Å². The molecule has 4 heteroatoms. The second-order valence-corrected chi connectivity index (χ2v) is 6.49. The first-order valence-corrected chi connectivity index (χ1v) is 8.94. The molecule has 0 N–H and O–H groups in total. The first-order chi connectivity index (χ1) is 13.7. The molecule has 1 heterocycles. The van der Waals surface area contributed by atoms with Crippen LogP contribution in [0.3, 0.4) is 0 Å². The lowest BCUT2D eigenvalue weighted by molar-refractivity contribution is 0.103. The maximum Gasteiger partial charge on any atom is 0.198 e. The number of aryl methyl sites for hydroxylation is 1. The summed E-state index contributed by atoms with van der Waals surface area (Å²) in [7, 11) is 0. The maximum absolute atomic E-state index is 13.3. The standard InChI is InChI=1S/C24H17N3O/c1-17-12-14-18(15-13-17)23-22(24(28)19-8-4-2-5-9-19)21(16-25)27(26-23)20-10-6-3-7-11-20/h2-15H,1H3. The van der Waals surface area contributed by atoms with E-state index in [4.69, 9.17) is 0 Å². The van der Waals surface area contributed by atoms with E-state index in [9.17, 15) is 10.1 Å². The summed E-state index contributed by atoms with van der Waals surface area (Å²) in [5.74, 6) is -0.213. The van der Waals surface area contributed by atoms with Crippen LogP contribution < -0.4 is 0 Å². The zero-order valence-corrected chi connectivity index (χ0v) is 15.3. The van der Waals surface area contributed by atoms with Crippen LogP contribution in [0, 0.1) is 18.3 Å². The minimum atomic E-state index is -0.213. The van der Waals surface area contributed by atoms with Crippen molar-refractivity contribution in [3.63, 3.8) is 0 Å². The second kappa shape index (κ2) is 7.34. The molecule has 0 atom stereocenters. The minimum Gasteiger partial charge on any atom is -0.288 e. The molecular weight excluding hydrogens is 346 g/mol. The minimum absolute atomic E-state index is 0.213. The third kappa shape index (κ3) is 3.10. The lowest BCUT2D eigenvalue weighted by Crippen LogP contribution is -2.06. The Morgan fingerprint density at radius 2 is 1.50 bits per heavy atom. The number of rotatable bonds is 4. The average molecular weight is 363 g/mol. The van der Waals surface area contributed by atoms with Gasteiger partial charge in [0.2, 0.25) is 0 Å². The van der Waals surface area contributed by atoms with Gasteiger partial charge in [0.1, 0.15) is 11.8 Å². The fourth-order valence-corrected chi connectivity index (χ4v) is 3.14. The van der Waals surface area contributed by atoms with Gasteiger partial charge in [-0.15, -0.1) is 0 Å². The van der Waals surface area contributed by atoms with Crippen molar-refractivity contribution in [2.75, 3.05) is 0 Å². The molecule has 0 fully saturated rings. The van der Waals surface area contributed by atoms with Gasteiger partial charge in [0.05, 0.1) is 11.3 Å². The van der Waals surface area contributed by atoms with Crippen molar-refractivity contribution in [3.05, 3.63) is 107 Å². The van der Waals surface area contributed by atoms with Crippen LogP contribution in [-0.2, 0) is 0 Å². The molecule has 1 aromatic heterocycles. The van der Waals surface area contributed by atoms with Gasteiger partial charge in [-0.1, -0.05) is 78.4 Å². The Bertz CT molecular complexity index is 1170. The van der Waals surface area contributed by atoms with E-state index in [-0.39, 0.29) is 11.5 Å². The van der Waals surface area contributed by atoms with E-state index in [0.717, 1.165) is 16.8 Å². The van der Waals surface area contributed by atoms with Gasteiger partial charge >= 0.3 is 0 Å². The zero-order valence-electron chi connectivity index (χ0n) is 15.3. The molecule has 3 aromatic carbocycles. The van der Waals surface area contributed by atoms with E-state index in [1.807, 2.05) is 79.7 Å². The highest BCUT2D eigenvalue weighted by molar-refractivity contribution is 6.13. The summed E-state index contributed by atoms with van der Waals surface area (Å²) in [5.41, 5.74) is 4.24. The summed E-state index contributed by atoms with van der Waals surface area (Å²) < 4.78 is 1.55. The van der Waals surface area contributed by atoms with Gasteiger partial charge in [-0.2, -0.15) is 10.4 Å². The summed E-state index contributed by atoms with van der Waals surface area (Å²) in [6.45, 7) is 2.00. The number of aromatic nitrogens is 2. The number of benzene rings is 3. The van der Waals surface area contributed by atoms with E-state index in [1.54, 1.807) is 16.8 Å². The lowest BCUT2D eigenvalue weighted by atomic mass is 9.97. The fraction of sp³-hybridized carbons (Fsp3) is 0.0417. The zero-order chi connectivity index (χ0) is 19.5. The Morgan fingerprint density at radius 1 is 0.893 bits per heavy atom. The summed E-state index contributed by atoms with van der Waals surface area (Å²) in [5, 5.41) is 14.6. The quantitative estimate of drug-likeness (QED) is 0.482. The Labute approximate surface area is 163 Å². The molecule has 0 amide bonds. The van der Waals surface area contributed by atoms with Crippen LogP contribution in [0.15, 0.2) is 84.9 Å². The van der Waals surface area contributed by atoms with Crippen molar-refractivity contribution < 1.29 is 4.79 Å². The highest BCUT2D eigenvalue weighted by Gasteiger charge is 2.26. The van der Waals surface area contributed by atoms with Gasteiger partial charge in [0.15, 0.2) is 11.5 Å². The van der Waals surface area contributed by atoms with Crippen molar-refractivity contribution >= 4 is 5.78 Å². The molecule has 0 aliphatic heterocycles. The van der Waals surface area contributed by atoms with Crippen LogP contribution in [-0.4, -0.2) is 15.6 Å². The molecule has 0 unspecified atom stereocenters. The summed E-state index contributed by atoms with van der Waals surface area (Å²) in [6, 6.07) is 28.4. The Morgan fingerprint density at radius 3 is 2.11 bits per heavy atom. The van der Waals surface area contributed by atoms with Crippen LogP contribution in [0.4, 0.5) is 0 Å². The Balaban J connectivity index is 1.99. The van der Waals surface area contributed by atoms with E-state index < -0.39 is 0 Å². The van der Waals surface area contributed by atoms with E-state index in [0.29, 0.717) is 16.8 Å². The summed E-state index contributed by atoms with van der Waals surface area (Å²) >= 11 is 0. The third-order valence-corrected chi connectivity index (χ3v) is 4.58. The van der Waals surface area contributed by atoms with Crippen LogP contribution in [0.5, 0.6) is 0 Å². The molecule has 4 nitrogen and oxygen atoms in total. The maximum atomic E-state index is 13.3. The summed E-state index contributed by atoms with van der Waals surface area (Å²) in [6.07, 6.45) is 0. The molecule has 0 aliphatic rings. The monoisotopic (exact) mass is 363 g/mol. The molecule has 134 valence electrons. The van der Waals surface area contributed by atoms with Gasteiger partial charge in [0, 0.05) is 11.1 Å². The van der Waals surface area contributed by atoms with Crippen LogP contribution in [0.25, 0.3) is 16.9 Å². The first kappa shape index (κ1) is 17.4. The van der Waals surface area contributed by atoms with E-state index in [1.165, 1.54) is 0 Å². The number of nitrogens with zero attached hydrogens (tertiary/aromatic N) is 3. The van der Waals surface area contributed by atoms with Gasteiger partial charge in [-0.05, 0) is 19.1 Å². The van der Waals surface area contributed by atoms with Crippen molar-refractivity contribution in [1.29, 1.82) is 5.26 Å². The van der Waals surface area contributed by atoms with E-state index >= 15 is 0 Å². The number of carbonyl (C=O) groups excluding carboxylic acids is 1. The highest BCUT2D eigenvalue weighted by Crippen LogP contribution is 2.29. The van der Waals surface area contributed by atoms with Gasteiger partial charge in [-0.25, -0.2) is 4.68 Å². The topological polar surface area (TPSA) is 58.7 Å². The third-order valence-electron chi connectivity index (χ3n) is 4.58. The first-order valence-electron chi connectivity index (χ1n) is 8.94. The van der Waals surface area contributed by atoms with Crippen molar-refractivity contribution in [2.24, 2.45) is 0 Å². The van der Waals surface area contributed by atoms with Crippen molar-refractivity contribution in [2.45, 2.75) is 6.92 Å². The molecule has 0 saturated carbocycles. The van der Waals surface area contributed by atoms with E-state index in [2.05, 4.69) is 11.2 Å². The Kier molecular flexibility index (Phi) is 4.57. The molecular formula is C24H17N3O. The normalized spacial score (nSPS) is 10.4. The number of ketones is 1. The molecule has 0 aliphatic carbocycles. The second-order valence-electron chi connectivity index (χ2n) is 6.49. The molecule has 0 saturated heterocycles. The van der Waals surface area contributed by atoms with Crippen LogP contribution >= 0.6 is 0 Å². The molecule has 4 rings (SSSR count). The number of hydrogen-bond acceptors (Lipinski definition) is 3. The van der Waals surface area contributed by atoms with Crippen molar-refractivity contribution in [3.8, 4) is 23.0 Å². The number of nitriles is 1. The summed E-state index contributed by atoms with van der Waals surface area (Å²) in [4.78, 5) is 13.3. The molecule has 28 heavy (non-hydrogen) atoms. The molecule has 0 spiro atoms. The SMILES string of the molecule is Cc1ccc(-c2nn(-c3ccccc3)c(C#N)c2C(=O)c2ccccc2)cc1. The van der Waals surface area contributed by atoms with Crippen LogP contribution in [0.2, 0.25) is 0 Å². The number of hydrogen-bond donors (Lipinski definition) is 0. The lowest BCUT2D eigenvalue weighted by Gasteiger charge is -2.04. The Hall–Kier alpha value is -3.97. The largest absolute Gasteiger partial charge is 0.288 e. The van der Waals surface area contributed by atoms with Gasteiger partial charge < -0.3 is 0 Å². The van der Waals surface area contributed by atoms with Crippen molar-refractivity contribution in [1.82, 2.24) is 9.78 Å². The van der Waals surface area contributed by atoms with Gasteiger partial charge in [-0.3, -0.25) is 4.79 Å². The smallest absolute Gasteiger partial charge is 0.198 e. The van der Waals surface area contributed by atoms with Crippen LogP contribution in [0.1, 0.15) is 27.2 Å². The molecule has 0 bridgehead atoms.